The van der Waals surface area contributed by atoms with Gasteiger partial charge >= 0.3 is 0 Å². The first kappa shape index (κ1) is 17.5. The normalized spacial score (nSPS) is 12.1. The van der Waals surface area contributed by atoms with Crippen LogP contribution in [0.1, 0.15) is 18.4 Å². The van der Waals surface area contributed by atoms with E-state index in [0.717, 1.165) is 23.0 Å². The van der Waals surface area contributed by atoms with E-state index >= 15 is 0 Å². The van der Waals surface area contributed by atoms with Crippen LogP contribution in [0.4, 0.5) is 0 Å². The van der Waals surface area contributed by atoms with Gasteiger partial charge in [0.1, 0.15) is 0 Å². The van der Waals surface area contributed by atoms with E-state index in [2.05, 4.69) is 52.3 Å². The van der Waals surface area contributed by atoms with Gasteiger partial charge in [0, 0.05) is 4.88 Å². The Hall–Kier alpha value is -0.820. The third-order valence-electron chi connectivity index (χ3n) is 3.43. The highest BCUT2D eigenvalue weighted by molar-refractivity contribution is 9.11. The van der Waals surface area contributed by atoms with Gasteiger partial charge in [0.2, 0.25) is 0 Å². The van der Waals surface area contributed by atoms with Crippen molar-refractivity contribution in [2.45, 2.75) is 24.5 Å². The van der Waals surface area contributed by atoms with Crippen LogP contribution in [-0.2, 0) is 11.2 Å². The predicted molar refractivity (Wildman–Crippen MR) is 97.6 cm³/mol. The molecule has 0 fully saturated rings. The van der Waals surface area contributed by atoms with Crippen LogP contribution in [0.3, 0.4) is 0 Å². The van der Waals surface area contributed by atoms with Crippen LogP contribution in [0.15, 0.2) is 40.2 Å². The molecule has 3 nitrogen and oxygen atoms in total. The molecule has 0 aliphatic rings. The van der Waals surface area contributed by atoms with Crippen molar-refractivity contribution in [1.29, 1.82) is 0 Å². The van der Waals surface area contributed by atoms with Crippen molar-refractivity contribution in [3.63, 3.8) is 0 Å². The summed E-state index contributed by atoms with van der Waals surface area (Å²) in [6.45, 7) is 0. The largest absolute Gasteiger partial charge is 0.289 e. The van der Waals surface area contributed by atoms with Gasteiger partial charge in [-0.25, -0.2) is 5.48 Å². The van der Waals surface area contributed by atoms with Gasteiger partial charge in [-0.15, -0.1) is 11.3 Å². The first-order valence-corrected chi connectivity index (χ1v) is 9.85. The van der Waals surface area contributed by atoms with Gasteiger partial charge in [0.15, 0.2) is 0 Å². The highest BCUT2D eigenvalue weighted by Gasteiger charge is 2.15. The fraction of sp³-hybridized carbons (Fsp3) is 0.312. The Bertz CT molecular complexity index is 613. The summed E-state index contributed by atoms with van der Waals surface area (Å²) >= 11 is 6.67. The third-order valence-corrected chi connectivity index (χ3v) is 6.12. The molecule has 118 valence electrons. The maximum atomic E-state index is 11.4. The zero-order valence-electron chi connectivity index (χ0n) is 12.2. The molecule has 2 N–H and O–H groups in total. The van der Waals surface area contributed by atoms with Crippen LogP contribution in [0.2, 0.25) is 0 Å². The molecule has 1 aromatic heterocycles. The van der Waals surface area contributed by atoms with E-state index in [9.17, 15) is 4.79 Å². The molecular formula is C16H18BrNO2S2. The molecule has 6 heteroatoms. The molecule has 22 heavy (non-hydrogen) atoms. The Balaban J connectivity index is 1.88. The lowest BCUT2D eigenvalue weighted by atomic mass is 10.0. The minimum atomic E-state index is -0.314. The average Bonchev–Trinajstić information content (AvgIpc) is 2.98. The number of hydrogen-bond donors (Lipinski definition) is 2. The lowest BCUT2D eigenvalue weighted by Crippen LogP contribution is -2.29. The summed E-state index contributed by atoms with van der Waals surface area (Å²) in [6, 6.07) is 12.7. The molecule has 1 atom stereocenters. The van der Waals surface area contributed by atoms with Gasteiger partial charge in [-0.05, 0) is 64.7 Å². The van der Waals surface area contributed by atoms with Gasteiger partial charge in [-0.2, -0.15) is 11.8 Å². The van der Waals surface area contributed by atoms with Crippen molar-refractivity contribution in [2.75, 3.05) is 6.26 Å². The Morgan fingerprint density at radius 3 is 2.59 bits per heavy atom. The molecule has 1 heterocycles. The Morgan fingerprint density at radius 2 is 2.05 bits per heavy atom. The molecule has 0 spiro atoms. The number of nitrogens with one attached hydrogen (secondary N) is 1. The number of thioether (sulfide) groups is 1. The maximum Gasteiger partial charge on any atom is 0.256 e. The molecule has 2 aromatic rings. The number of thiophene rings is 1. The van der Waals surface area contributed by atoms with Crippen molar-refractivity contribution in [2.24, 2.45) is 0 Å². The maximum absolute atomic E-state index is 11.4. The zero-order chi connectivity index (χ0) is 15.9. The minimum Gasteiger partial charge on any atom is -0.289 e. The Morgan fingerprint density at radius 1 is 1.32 bits per heavy atom. The Labute approximate surface area is 147 Å². The highest BCUT2D eigenvalue weighted by atomic mass is 79.9. The molecule has 0 radical (unpaired) electrons. The highest BCUT2D eigenvalue weighted by Crippen LogP contribution is 2.31. The summed E-state index contributed by atoms with van der Waals surface area (Å²) in [5.74, 6) is -0.314. The number of rotatable bonds is 7. The lowest BCUT2D eigenvalue weighted by Gasteiger charge is -2.11. The van der Waals surface area contributed by atoms with Crippen LogP contribution in [0, 0.1) is 0 Å². The van der Waals surface area contributed by atoms with E-state index in [0.29, 0.717) is 0 Å². The molecule has 1 amide bonds. The minimum absolute atomic E-state index is 0.187. The van der Waals surface area contributed by atoms with Crippen molar-refractivity contribution < 1.29 is 10.0 Å². The molecular weight excluding hydrogens is 382 g/mol. The molecule has 0 aliphatic heterocycles. The number of hydroxylamine groups is 1. The third kappa shape index (κ3) is 4.84. The van der Waals surface area contributed by atoms with Gasteiger partial charge in [-0.1, -0.05) is 24.3 Å². The van der Waals surface area contributed by atoms with E-state index in [1.54, 1.807) is 16.8 Å². The molecule has 0 saturated carbocycles. The number of carbonyl (C=O) groups excluding carboxylic acids is 1. The average molecular weight is 400 g/mol. The van der Waals surface area contributed by atoms with Crippen molar-refractivity contribution in [1.82, 2.24) is 5.48 Å². The summed E-state index contributed by atoms with van der Waals surface area (Å²) < 4.78 is 1.14. The van der Waals surface area contributed by atoms with Crippen LogP contribution in [-0.4, -0.2) is 22.6 Å². The van der Waals surface area contributed by atoms with E-state index in [-0.39, 0.29) is 11.2 Å². The molecule has 1 aromatic carbocycles. The van der Waals surface area contributed by atoms with Crippen molar-refractivity contribution >= 4 is 44.9 Å². The number of benzene rings is 1. The number of halogens is 1. The first-order valence-electron chi connectivity index (χ1n) is 6.95. The lowest BCUT2D eigenvalue weighted by molar-refractivity contribution is -0.128. The van der Waals surface area contributed by atoms with E-state index in [4.69, 9.17) is 5.21 Å². The van der Waals surface area contributed by atoms with Gasteiger partial charge in [0.05, 0.1) is 9.04 Å². The molecule has 0 saturated heterocycles. The van der Waals surface area contributed by atoms with Crippen LogP contribution in [0.5, 0.6) is 0 Å². The Kier molecular flexibility index (Phi) is 6.95. The topological polar surface area (TPSA) is 49.3 Å². The summed E-state index contributed by atoms with van der Waals surface area (Å²) in [7, 11) is 0. The van der Waals surface area contributed by atoms with Gasteiger partial charge < -0.3 is 0 Å². The standard InChI is InChI=1S/C16H18BrNO2S2/c1-21-14(16(19)18-20)4-2-3-11-5-7-12(8-6-11)13-9-10-15(17)22-13/h5-10,14,20H,2-4H2,1H3,(H,18,19). The summed E-state index contributed by atoms with van der Waals surface area (Å²) in [4.78, 5) is 12.7. The fourth-order valence-electron chi connectivity index (χ4n) is 2.22. The SMILES string of the molecule is CSC(CCCc1ccc(-c2ccc(Br)s2)cc1)C(=O)NO. The van der Waals surface area contributed by atoms with E-state index < -0.39 is 0 Å². The monoisotopic (exact) mass is 399 g/mol. The number of aryl methyl sites for hydroxylation is 1. The first-order chi connectivity index (χ1) is 10.6. The number of carbonyl (C=O) groups is 1. The quantitative estimate of drug-likeness (QED) is 0.522. The number of amides is 1. The summed E-state index contributed by atoms with van der Waals surface area (Å²) in [5.41, 5.74) is 4.22. The number of hydrogen-bond acceptors (Lipinski definition) is 4. The van der Waals surface area contributed by atoms with Gasteiger partial charge in [-0.3, -0.25) is 10.0 Å². The smallest absolute Gasteiger partial charge is 0.256 e. The summed E-state index contributed by atoms with van der Waals surface area (Å²) in [6.07, 6.45) is 4.49. The molecule has 2 rings (SSSR count). The molecule has 0 aliphatic carbocycles. The zero-order valence-corrected chi connectivity index (χ0v) is 15.4. The van der Waals surface area contributed by atoms with Crippen molar-refractivity contribution in [3.8, 4) is 10.4 Å². The van der Waals surface area contributed by atoms with Gasteiger partial charge in [0.25, 0.3) is 5.91 Å². The van der Waals surface area contributed by atoms with E-state index in [1.807, 2.05) is 6.26 Å². The second-order valence-corrected chi connectivity index (χ2v) is 8.40. The fourth-order valence-corrected chi connectivity index (χ4v) is 4.29. The van der Waals surface area contributed by atoms with Crippen molar-refractivity contribution in [3.05, 3.63) is 45.7 Å². The molecule has 0 bridgehead atoms. The van der Waals surface area contributed by atoms with E-state index in [1.165, 1.54) is 27.8 Å². The second kappa shape index (κ2) is 8.72. The second-order valence-electron chi connectivity index (χ2n) is 4.89. The predicted octanol–water partition coefficient (Wildman–Crippen LogP) is 4.74. The van der Waals surface area contributed by atoms with Crippen LogP contribution >= 0.6 is 39.0 Å². The molecule has 1 unspecified atom stereocenters. The summed E-state index contributed by atoms with van der Waals surface area (Å²) in [5, 5.41) is 8.49. The van der Waals surface area contributed by atoms with Crippen LogP contribution < -0.4 is 5.48 Å². The van der Waals surface area contributed by atoms with Crippen LogP contribution in [0.25, 0.3) is 10.4 Å².